The molecule has 27 heavy (non-hydrogen) atoms. The third-order valence-corrected chi connectivity index (χ3v) is 6.18. The summed E-state index contributed by atoms with van der Waals surface area (Å²) in [5.74, 6) is -0.371. The Morgan fingerprint density at radius 2 is 2.00 bits per heavy atom. The van der Waals surface area contributed by atoms with Crippen molar-refractivity contribution in [2.75, 3.05) is 12.8 Å². The molecule has 144 valence electrons. The normalized spacial score (nSPS) is 19.5. The Bertz CT molecular complexity index is 862. The number of carbonyl (C=O) groups excluding carboxylic acids is 1. The molecule has 0 radical (unpaired) electrons. The topological polar surface area (TPSA) is 103 Å². The molecule has 2 aromatic rings. The van der Waals surface area contributed by atoms with Crippen molar-refractivity contribution in [1.29, 1.82) is 0 Å². The maximum atomic E-state index is 12.7. The average Bonchev–Trinajstić information content (AvgIpc) is 3.16. The van der Waals surface area contributed by atoms with E-state index in [1.54, 1.807) is 48.5 Å². The molecule has 0 saturated carbocycles. The van der Waals surface area contributed by atoms with Crippen LogP contribution in [0.15, 0.2) is 30.5 Å². The van der Waals surface area contributed by atoms with Crippen molar-refractivity contribution >= 4 is 22.7 Å². The van der Waals surface area contributed by atoms with Crippen LogP contribution in [0.3, 0.4) is 0 Å². The lowest BCUT2D eigenvalue weighted by Crippen LogP contribution is -2.44. The second kappa shape index (κ2) is 8.04. The van der Waals surface area contributed by atoms with Crippen LogP contribution in [0.2, 0.25) is 0 Å². The van der Waals surface area contributed by atoms with Crippen LogP contribution in [0, 0.1) is 0 Å². The second-order valence-corrected chi connectivity index (χ2v) is 8.45. The first-order chi connectivity index (χ1) is 12.9. The highest BCUT2D eigenvalue weighted by atomic mass is 32.2. The van der Waals surface area contributed by atoms with Crippen molar-refractivity contribution in [2.45, 2.75) is 37.5 Å². The number of hydrogen-bond acceptors (Lipinski definition) is 4. The number of carboxylic acids is 1. The standard InChI is InChI=1S/C19H23N3O4S/c1-12(27(2)26)18(23)22-10-4-3-5-16(22)17-20-11-15(21-17)13-6-8-14(9-7-13)19(24)25/h6-9,11-12,16H,3-5,10H2,1-2H3,(H,20,21)(H,24,25). The molecule has 2 heterocycles. The van der Waals surface area contributed by atoms with Crippen molar-refractivity contribution in [3.63, 3.8) is 0 Å². The van der Waals surface area contributed by atoms with E-state index in [1.807, 2.05) is 0 Å². The van der Waals surface area contributed by atoms with Crippen LogP contribution in [0.5, 0.6) is 0 Å². The van der Waals surface area contributed by atoms with Crippen molar-refractivity contribution in [3.05, 3.63) is 41.9 Å². The number of nitrogens with zero attached hydrogens (tertiary/aromatic N) is 2. The number of piperidine rings is 1. The van der Waals surface area contributed by atoms with E-state index in [4.69, 9.17) is 5.11 Å². The first-order valence-corrected chi connectivity index (χ1v) is 10.5. The van der Waals surface area contributed by atoms with Crippen molar-refractivity contribution in [2.24, 2.45) is 0 Å². The summed E-state index contributed by atoms with van der Waals surface area (Å²) in [5.41, 5.74) is 1.83. The highest BCUT2D eigenvalue weighted by molar-refractivity contribution is 7.85. The molecule has 2 N–H and O–H groups in total. The predicted octanol–water partition coefficient (Wildman–Crippen LogP) is 2.60. The number of carbonyl (C=O) groups is 2. The van der Waals surface area contributed by atoms with E-state index >= 15 is 0 Å². The van der Waals surface area contributed by atoms with Crippen LogP contribution in [-0.2, 0) is 15.6 Å². The highest BCUT2D eigenvalue weighted by Gasteiger charge is 2.33. The molecular formula is C19H23N3O4S. The van der Waals surface area contributed by atoms with Crippen LogP contribution < -0.4 is 0 Å². The quantitative estimate of drug-likeness (QED) is 0.818. The van der Waals surface area contributed by atoms with E-state index in [-0.39, 0.29) is 17.5 Å². The number of nitrogens with one attached hydrogen (secondary N) is 1. The van der Waals surface area contributed by atoms with E-state index in [2.05, 4.69) is 9.97 Å². The third kappa shape index (κ3) is 4.10. The van der Waals surface area contributed by atoms with E-state index in [0.717, 1.165) is 30.5 Å². The summed E-state index contributed by atoms with van der Waals surface area (Å²) >= 11 is 0. The molecule has 1 saturated heterocycles. The largest absolute Gasteiger partial charge is 0.478 e. The summed E-state index contributed by atoms with van der Waals surface area (Å²) in [6.07, 6.45) is 5.98. The monoisotopic (exact) mass is 389 g/mol. The molecular weight excluding hydrogens is 366 g/mol. The third-order valence-electron chi connectivity index (χ3n) is 4.99. The molecule has 0 aliphatic carbocycles. The fraction of sp³-hybridized carbons (Fsp3) is 0.421. The zero-order valence-electron chi connectivity index (χ0n) is 15.3. The minimum atomic E-state index is -1.21. The van der Waals surface area contributed by atoms with Crippen molar-refractivity contribution in [3.8, 4) is 11.3 Å². The molecule has 1 aliphatic rings. The Morgan fingerprint density at radius 1 is 1.30 bits per heavy atom. The van der Waals surface area contributed by atoms with Crippen LogP contribution in [0.25, 0.3) is 11.3 Å². The molecule has 0 spiro atoms. The summed E-state index contributed by atoms with van der Waals surface area (Å²) in [5, 5.41) is 8.47. The summed E-state index contributed by atoms with van der Waals surface area (Å²) in [7, 11) is -1.21. The number of hydrogen-bond donors (Lipinski definition) is 2. The van der Waals surface area contributed by atoms with Gasteiger partial charge in [0.05, 0.1) is 23.5 Å². The number of carboxylic acid groups (broad SMARTS) is 1. The van der Waals surface area contributed by atoms with Gasteiger partial charge in [0.25, 0.3) is 0 Å². The number of benzene rings is 1. The average molecular weight is 389 g/mol. The van der Waals surface area contributed by atoms with Gasteiger partial charge in [-0.3, -0.25) is 9.00 Å². The maximum absolute atomic E-state index is 12.7. The summed E-state index contributed by atoms with van der Waals surface area (Å²) in [6.45, 7) is 2.33. The molecule has 1 aromatic carbocycles. The summed E-state index contributed by atoms with van der Waals surface area (Å²) < 4.78 is 11.7. The van der Waals surface area contributed by atoms with Gasteiger partial charge in [0, 0.05) is 23.6 Å². The van der Waals surface area contributed by atoms with E-state index in [0.29, 0.717) is 12.4 Å². The second-order valence-electron chi connectivity index (χ2n) is 6.75. The fourth-order valence-corrected chi connectivity index (χ4v) is 3.72. The van der Waals surface area contributed by atoms with Gasteiger partial charge in [-0.25, -0.2) is 9.78 Å². The molecule has 3 rings (SSSR count). The van der Waals surface area contributed by atoms with Crippen LogP contribution >= 0.6 is 0 Å². The smallest absolute Gasteiger partial charge is 0.335 e. The van der Waals surface area contributed by atoms with Crippen LogP contribution in [-0.4, -0.2) is 54.1 Å². The maximum Gasteiger partial charge on any atom is 0.335 e. The van der Waals surface area contributed by atoms with Gasteiger partial charge < -0.3 is 15.0 Å². The molecule has 1 fully saturated rings. The van der Waals surface area contributed by atoms with Gasteiger partial charge in [-0.2, -0.15) is 0 Å². The number of imidazole rings is 1. The Hall–Kier alpha value is -2.48. The number of aromatic carboxylic acids is 1. The highest BCUT2D eigenvalue weighted by Crippen LogP contribution is 2.31. The number of rotatable bonds is 5. The lowest BCUT2D eigenvalue weighted by Gasteiger charge is -2.35. The van der Waals surface area contributed by atoms with Gasteiger partial charge in [0.15, 0.2) is 0 Å². The van der Waals surface area contributed by atoms with Crippen LogP contribution in [0.4, 0.5) is 0 Å². The lowest BCUT2D eigenvalue weighted by molar-refractivity contribution is -0.134. The molecule has 0 bridgehead atoms. The van der Waals surface area contributed by atoms with E-state index in [1.165, 1.54) is 0 Å². The lowest BCUT2D eigenvalue weighted by atomic mass is 10.0. The molecule has 1 amide bonds. The Balaban J connectivity index is 1.83. The van der Waals surface area contributed by atoms with E-state index < -0.39 is 22.0 Å². The van der Waals surface area contributed by atoms with Gasteiger partial charge in [0.1, 0.15) is 11.1 Å². The molecule has 1 aliphatic heterocycles. The fourth-order valence-electron chi connectivity index (χ4n) is 3.30. The first kappa shape index (κ1) is 19.3. The van der Waals surface area contributed by atoms with Gasteiger partial charge >= 0.3 is 5.97 Å². The number of amides is 1. The Labute approximate surface area is 160 Å². The molecule has 3 unspecified atom stereocenters. The SMILES string of the molecule is CC(C(=O)N1CCCCC1c1ncc(-c2ccc(C(=O)O)cc2)[nH]1)S(C)=O. The zero-order valence-corrected chi connectivity index (χ0v) is 16.2. The van der Waals surface area contributed by atoms with E-state index in [9.17, 15) is 13.8 Å². The van der Waals surface area contributed by atoms with Crippen molar-refractivity contribution in [1.82, 2.24) is 14.9 Å². The predicted molar refractivity (Wildman–Crippen MR) is 103 cm³/mol. The molecule has 3 atom stereocenters. The number of likely N-dealkylation sites (tertiary alicyclic amines) is 1. The minimum absolute atomic E-state index is 0.107. The van der Waals surface area contributed by atoms with Gasteiger partial charge in [-0.1, -0.05) is 12.1 Å². The van der Waals surface area contributed by atoms with Crippen molar-refractivity contribution < 1.29 is 18.9 Å². The summed E-state index contributed by atoms with van der Waals surface area (Å²) in [4.78, 5) is 33.2. The molecule has 7 nitrogen and oxygen atoms in total. The van der Waals surface area contributed by atoms with Gasteiger partial charge in [-0.05, 0) is 43.9 Å². The van der Waals surface area contributed by atoms with Gasteiger partial charge in [-0.15, -0.1) is 0 Å². The Kier molecular flexibility index (Phi) is 5.74. The number of aromatic amines is 1. The number of aromatic nitrogens is 2. The minimum Gasteiger partial charge on any atom is -0.478 e. The number of H-pyrrole nitrogens is 1. The summed E-state index contributed by atoms with van der Waals surface area (Å²) in [6, 6.07) is 6.39. The first-order valence-electron chi connectivity index (χ1n) is 8.90. The molecule has 1 aromatic heterocycles. The zero-order chi connectivity index (χ0) is 19.6. The van der Waals surface area contributed by atoms with Gasteiger partial charge in [0.2, 0.25) is 5.91 Å². The molecule has 8 heteroatoms. The van der Waals surface area contributed by atoms with Crippen LogP contribution in [0.1, 0.15) is 48.4 Å². The Morgan fingerprint density at radius 3 is 2.63 bits per heavy atom.